The molecule has 0 N–H and O–H groups in total. The van der Waals surface area contributed by atoms with Gasteiger partial charge in [0.1, 0.15) is 5.75 Å². The van der Waals surface area contributed by atoms with Gasteiger partial charge in [-0.25, -0.2) is 22.0 Å². The van der Waals surface area contributed by atoms with Crippen molar-refractivity contribution >= 4 is 31.8 Å². The van der Waals surface area contributed by atoms with E-state index in [0.717, 1.165) is 24.3 Å². The van der Waals surface area contributed by atoms with Gasteiger partial charge in [-0.3, -0.25) is 0 Å². The fourth-order valence-corrected chi connectivity index (χ4v) is 2.87. The van der Waals surface area contributed by atoms with Gasteiger partial charge < -0.3 is 9.47 Å². The number of benzene rings is 2. The largest absolute Gasteiger partial charge is 0.463 e. The predicted molar refractivity (Wildman–Crippen MR) is 96.2 cm³/mol. The van der Waals surface area contributed by atoms with Gasteiger partial charge in [-0.1, -0.05) is 0 Å². The summed E-state index contributed by atoms with van der Waals surface area (Å²) in [4.78, 5) is 11.4. The molecule has 0 unspecified atom stereocenters. The molecular weight excluding hydrogens is 402 g/mol. The summed E-state index contributed by atoms with van der Waals surface area (Å²) < 4.78 is 60.8. The van der Waals surface area contributed by atoms with Gasteiger partial charge in [-0.05, 0) is 61.9 Å². The van der Waals surface area contributed by atoms with E-state index in [9.17, 15) is 22.0 Å². The maximum Gasteiger partial charge on any atom is 0.333 e. The van der Waals surface area contributed by atoms with Crippen molar-refractivity contribution < 1.29 is 31.5 Å². The van der Waals surface area contributed by atoms with Crippen LogP contribution in [0.4, 0.5) is 8.78 Å². The number of hydrogen-bond acceptors (Lipinski definition) is 5. The van der Waals surface area contributed by atoms with E-state index in [0.29, 0.717) is 0 Å². The zero-order valence-corrected chi connectivity index (χ0v) is 15.9. The quantitative estimate of drug-likeness (QED) is 0.389. The molecule has 5 nitrogen and oxygen atoms in total. The highest BCUT2D eigenvalue weighted by Crippen LogP contribution is 2.30. The molecule has 0 radical (unpaired) electrons. The summed E-state index contributed by atoms with van der Waals surface area (Å²) in [6.07, 6.45) is 1.29. The van der Waals surface area contributed by atoms with E-state index in [4.69, 9.17) is 20.2 Å². The predicted octanol–water partition coefficient (Wildman–Crippen LogP) is 4.65. The average molecular weight is 417 g/mol. The molecular formula is C18H15ClF2O5S. The molecule has 2 aromatic carbocycles. The van der Waals surface area contributed by atoms with Crippen LogP contribution in [0.25, 0.3) is 6.08 Å². The Labute approximate surface area is 159 Å². The second-order valence-electron chi connectivity index (χ2n) is 5.37. The molecule has 0 heterocycles. The summed E-state index contributed by atoms with van der Waals surface area (Å²) in [5, 5.41) is 0. The Kier molecular flexibility index (Phi) is 6.56. The number of rotatable bonds is 6. The molecule has 0 bridgehead atoms. The maximum atomic E-state index is 14.2. The van der Waals surface area contributed by atoms with Crippen LogP contribution in [0.2, 0.25) is 0 Å². The second-order valence-corrected chi connectivity index (χ2v) is 7.94. The van der Waals surface area contributed by atoms with Crippen LogP contribution in [0.1, 0.15) is 19.4 Å². The molecule has 144 valence electrons. The van der Waals surface area contributed by atoms with Gasteiger partial charge in [0.05, 0.1) is 11.5 Å². The van der Waals surface area contributed by atoms with Crippen LogP contribution in [-0.4, -0.2) is 21.0 Å². The van der Waals surface area contributed by atoms with Gasteiger partial charge in [0, 0.05) is 16.3 Å². The van der Waals surface area contributed by atoms with Crippen molar-refractivity contribution in [3.63, 3.8) is 0 Å². The molecule has 0 aliphatic carbocycles. The highest BCUT2D eigenvalue weighted by molar-refractivity contribution is 8.13. The number of hydrogen-bond donors (Lipinski definition) is 0. The molecule has 27 heavy (non-hydrogen) atoms. The van der Waals surface area contributed by atoms with Crippen LogP contribution in [0.5, 0.6) is 11.5 Å². The number of carbonyl (C=O) groups excluding carboxylic acids is 1. The van der Waals surface area contributed by atoms with Crippen LogP contribution in [0, 0.1) is 11.6 Å². The topological polar surface area (TPSA) is 69.7 Å². The molecule has 9 heteroatoms. The van der Waals surface area contributed by atoms with E-state index in [2.05, 4.69) is 0 Å². The third-order valence-corrected chi connectivity index (χ3v) is 4.70. The second kappa shape index (κ2) is 8.49. The first-order valence-corrected chi connectivity index (χ1v) is 9.99. The molecule has 0 aromatic heterocycles. The molecule has 0 aliphatic rings. The smallest absolute Gasteiger partial charge is 0.333 e. The molecule has 0 fully saturated rings. The first-order chi connectivity index (χ1) is 12.6. The summed E-state index contributed by atoms with van der Waals surface area (Å²) in [5.41, 5.74) is 0.300. The van der Waals surface area contributed by atoms with Crippen molar-refractivity contribution in [3.8, 4) is 11.5 Å². The Balaban J connectivity index is 2.27. The summed E-state index contributed by atoms with van der Waals surface area (Å²) in [5.74, 6) is -3.22. The number of halogens is 3. The van der Waals surface area contributed by atoms with Crippen molar-refractivity contribution in [1.82, 2.24) is 0 Å². The van der Waals surface area contributed by atoms with E-state index in [1.54, 1.807) is 6.92 Å². The summed E-state index contributed by atoms with van der Waals surface area (Å²) in [7, 11) is 1.28. The first kappa shape index (κ1) is 20.9. The lowest BCUT2D eigenvalue weighted by molar-refractivity contribution is -0.138. The van der Waals surface area contributed by atoms with Crippen molar-refractivity contribution in [2.24, 2.45) is 0 Å². The Morgan fingerprint density at radius 1 is 1.15 bits per heavy atom. The van der Waals surface area contributed by atoms with Crippen molar-refractivity contribution in [1.29, 1.82) is 0 Å². The average Bonchev–Trinajstić information content (AvgIpc) is 2.58. The Hall–Kier alpha value is -2.45. The third kappa shape index (κ3) is 5.51. The van der Waals surface area contributed by atoms with E-state index < -0.39 is 32.4 Å². The normalized spacial score (nSPS) is 12.0. The summed E-state index contributed by atoms with van der Waals surface area (Å²) >= 11 is 0. The van der Waals surface area contributed by atoms with E-state index in [1.807, 2.05) is 0 Å². The van der Waals surface area contributed by atoms with Gasteiger partial charge in [-0.2, -0.15) is 0 Å². The van der Waals surface area contributed by atoms with Gasteiger partial charge in [-0.15, -0.1) is 0 Å². The minimum Gasteiger partial charge on any atom is -0.463 e. The van der Waals surface area contributed by atoms with Crippen molar-refractivity contribution in [3.05, 3.63) is 59.2 Å². The van der Waals surface area contributed by atoms with Crippen LogP contribution in [-0.2, 0) is 18.6 Å². The SMILES string of the molecule is CCOC(=O)C(C)=Cc1cc(F)c(Oc2ccc(S(=O)(=O)Cl)cc2)c(F)c1. The molecule has 0 amide bonds. The van der Waals surface area contributed by atoms with Gasteiger partial charge in [0.2, 0.25) is 0 Å². The Morgan fingerprint density at radius 3 is 2.19 bits per heavy atom. The summed E-state index contributed by atoms with van der Waals surface area (Å²) in [6, 6.07) is 6.72. The molecule has 0 spiro atoms. The first-order valence-electron chi connectivity index (χ1n) is 7.69. The molecule has 0 aliphatic heterocycles. The van der Waals surface area contributed by atoms with E-state index in [-0.39, 0.29) is 28.4 Å². The molecule has 0 saturated carbocycles. The third-order valence-electron chi connectivity index (χ3n) is 3.33. The van der Waals surface area contributed by atoms with Crippen LogP contribution in [0.3, 0.4) is 0 Å². The monoisotopic (exact) mass is 416 g/mol. The lowest BCUT2D eigenvalue weighted by Crippen LogP contribution is -2.05. The van der Waals surface area contributed by atoms with Crippen LogP contribution < -0.4 is 4.74 Å². The zero-order valence-electron chi connectivity index (χ0n) is 14.3. The maximum absolute atomic E-state index is 14.2. The van der Waals surface area contributed by atoms with Crippen molar-refractivity contribution in [2.75, 3.05) is 6.61 Å². The Morgan fingerprint density at radius 2 is 1.70 bits per heavy atom. The minimum absolute atomic E-state index is 0.0165. The molecule has 0 saturated heterocycles. The van der Waals surface area contributed by atoms with Crippen LogP contribution >= 0.6 is 10.7 Å². The number of carbonyl (C=O) groups is 1. The molecule has 2 rings (SSSR count). The van der Waals surface area contributed by atoms with Gasteiger partial charge in [0.25, 0.3) is 9.05 Å². The molecule has 0 atom stereocenters. The van der Waals surface area contributed by atoms with Crippen molar-refractivity contribution in [2.45, 2.75) is 18.7 Å². The molecule has 2 aromatic rings. The number of ether oxygens (including phenoxy) is 2. The summed E-state index contributed by atoms with van der Waals surface area (Å²) in [6.45, 7) is 3.29. The van der Waals surface area contributed by atoms with E-state index in [1.165, 1.54) is 25.1 Å². The highest BCUT2D eigenvalue weighted by Gasteiger charge is 2.15. The lowest BCUT2D eigenvalue weighted by atomic mass is 10.1. The van der Waals surface area contributed by atoms with Crippen LogP contribution in [0.15, 0.2) is 46.9 Å². The Bertz CT molecular complexity index is 962. The fraction of sp³-hybridized carbons (Fsp3) is 0.167. The van der Waals surface area contributed by atoms with Gasteiger partial charge in [0.15, 0.2) is 17.4 Å². The minimum atomic E-state index is -3.91. The standard InChI is InChI=1S/C18H15ClF2O5S/c1-3-25-18(22)11(2)8-12-9-15(20)17(16(21)10-12)26-13-4-6-14(7-5-13)27(19,23)24/h4-10H,3H2,1-2H3. The number of esters is 1. The van der Waals surface area contributed by atoms with E-state index >= 15 is 0 Å². The van der Waals surface area contributed by atoms with Gasteiger partial charge >= 0.3 is 5.97 Å². The fourth-order valence-electron chi connectivity index (χ4n) is 2.10. The highest BCUT2D eigenvalue weighted by atomic mass is 35.7. The zero-order chi connectivity index (χ0) is 20.2. The lowest BCUT2D eigenvalue weighted by Gasteiger charge is -2.09.